The molecule has 5 nitrogen and oxygen atoms in total. The Kier molecular flexibility index (Phi) is 4.71. The van der Waals surface area contributed by atoms with Crippen molar-refractivity contribution >= 4 is 0 Å². The molecule has 0 bridgehead atoms. The van der Waals surface area contributed by atoms with Gasteiger partial charge in [-0.3, -0.25) is 0 Å². The van der Waals surface area contributed by atoms with Crippen molar-refractivity contribution in [1.29, 1.82) is 0 Å². The van der Waals surface area contributed by atoms with E-state index in [0.717, 1.165) is 37.6 Å². The zero-order valence-electron chi connectivity index (χ0n) is 9.69. The second-order valence-corrected chi connectivity index (χ2v) is 3.89. The number of hydrogen-bond donors (Lipinski definition) is 2. The number of aliphatic hydroxyl groups is 1. The number of hydrogen-bond acceptors (Lipinski definition) is 4. The molecule has 0 amide bonds. The minimum Gasteiger partial charge on any atom is -0.393 e. The third-order valence-electron chi connectivity index (χ3n) is 2.44. The summed E-state index contributed by atoms with van der Waals surface area (Å²) in [5, 5.41) is 20.4. The maximum atomic E-state index is 9.06. The Labute approximate surface area is 90.5 Å². The van der Waals surface area contributed by atoms with Gasteiger partial charge in [-0.1, -0.05) is 0 Å². The van der Waals surface area contributed by atoms with E-state index >= 15 is 0 Å². The van der Waals surface area contributed by atoms with Gasteiger partial charge in [-0.2, -0.15) is 0 Å². The Morgan fingerprint density at radius 3 is 2.73 bits per heavy atom. The van der Waals surface area contributed by atoms with Gasteiger partial charge >= 0.3 is 0 Å². The highest BCUT2D eigenvalue weighted by molar-refractivity contribution is 4.91. The molecule has 0 aliphatic rings. The fourth-order valence-corrected chi connectivity index (χ4v) is 1.33. The lowest BCUT2D eigenvalue weighted by Gasteiger charge is -2.06. The number of nitrogens with zero attached hydrogens (tertiary/aromatic N) is 3. The average Bonchev–Trinajstić information content (AvgIpc) is 2.48. The van der Waals surface area contributed by atoms with Gasteiger partial charge < -0.3 is 15.0 Å². The van der Waals surface area contributed by atoms with E-state index in [9.17, 15) is 0 Å². The molecule has 0 aliphatic carbocycles. The van der Waals surface area contributed by atoms with Crippen LogP contribution in [0.2, 0.25) is 0 Å². The van der Waals surface area contributed by atoms with Crippen LogP contribution in [-0.2, 0) is 13.6 Å². The summed E-state index contributed by atoms with van der Waals surface area (Å²) >= 11 is 0. The SMILES string of the molecule is Cc1nnc(CNCCCC(C)O)n1C. The van der Waals surface area contributed by atoms with Gasteiger partial charge in [0.2, 0.25) is 0 Å². The van der Waals surface area contributed by atoms with E-state index in [2.05, 4.69) is 15.5 Å². The van der Waals surface area contributed by atoms with Crippen LogP contribution < -0.4 is 5.32 Å². The van der Waals surface area contributed by atoms with Gasteiger partial charge in [-0.15, -0.1) is 10.2 Å². The maximum Gasteiger partial charge on any atom is 0.146 e. The third-order valence-corrected chi connectivity index (χ3v) is 2.44. The molecule has 0 saturated carbocycles. The van der Waals surface area contributed by atoms with E-state index in [-0.39, 0.29) is 6.10 Å². The summed E-state index contributed by atoms with van der Waals surface area (Å²) in [6, 6.07) is 0. The average molecular weight is 212 g/mol. The number of aryl methyl sites for hydroxylation is 1. The van der Waals surface area contributed by atoms with Crippen LogP contribution in [-0.4, -0.2) is 32.5 Å². The molecule has 86 valence electrons. The largest absolute Gasteiger partial charge is 0.393 e. The highest BCUT2D eigenvalue weighted by Crippen LogP contribution is 1.97. The lowest BCUT2D eigenvalue weighted by Crippen LogP contribution is -2.18. The van der Waals surface area contributed by atoms with Crippen LogP contribution in [0.5, 0.6) is 0 Å². The third kappa shape index (κ3) is 3.97. The molecule has 0 fully saturated rings. The molecule has 2 N–H and O–H groups in total. The molecular formula is C10H20N4O. The summed E-state index contributed by atoms with van der Waals surface area (Å²) in [5.74, 6) is 1.88. The minimum atomic E-state index is -0.205. The second-order valence-electron chi connectivity index (χ2n) is 3.89. The van der Waals surface area contributed by atoms with Crippen LogP contribution in [0, 0.1) is 6.92 Å². The van der Waals surface area contributed by atoms with Crippen molar-refractivity contribution in [1.82, 2.24) is 20.1 Å². The van der Waals surface area contributed by atoms with E-state index in [1.807, 2.05) is 25.5 Å². The molecule has 0 radical (unpaired) electrons. The van der Waals surface area contributed by atoms with E-state index in [1.54, 1.807) is 0 Å². The molecular weight excluding hydrogens is 192 g/mol. The normalized spacial score (nSPS) is 13.1. The first-order valence-corrected chi connectivity index (χ1v) is 5.35. The van der Waals surface area contributed by atoms with Crippen molar-refractivity contribution in [2.45, 2.75) is 39.3 Å². The molecule has 0 saturated heterocycles. The quantitative estimate of drug-likeness (QED) is 0.669. The van der Waals surface area contributed by atoms with Crippen LogP contribution in [0.15, 0.2) is 0 Å². The standard InChI is InChI=1S/C10H20N4O/c1-8(15)5-4-6-11-7-10-13-12-9(2)14(10)3/h8,11,15H,4-7H2,1-3H3. The van der Waals surface area contributed by atoms with Gasteiger partial charge in [0.15, 0.2) is 0 Å². The van der Waals surface area contributed by atoms with Crippen molar-refractivity contribution < 1.29 is 5.11 Å². The van der Waals surface area contributed by atoms with Gasteiger partial charge in [0, 0.05) is 7.05 Å². The summed E-state index contributed by atoms with van der Waals surface area (Å²) in [4.78, 5) is 0. The van der Waals surface area contributed by atoms with Gasteiger partial charge in [-0.05, 0) is 33.2 Å². The van der Waals surface area contributed by atoms with E-state index < -0.39 is 0 Å². The molecule has 1 aromatic heterocycles. The van der Waals surface area contributed by atoms with Crippen LogP contribution in [0.25, 0.3) is 0 Å². The summed E-state index contributed by atoms with van der Waals surface area (Å²) in [7, 11) is 1.96. The van der Waals surface area contributed by atoms with Crippen LogP contribution in [0.4, 0.5) is 0 Å². The first-order chi connectivity index (χ1) is 7.11. The molecule has 5 heteroatoms. The Balaban J connectivity index is 2.18. The van der Waals surface area contributed by atoms with Crippen LogP contribution in [0.3, 0.4) is 0 Å². The fourth-order valence-electron chi connectivity index (χ4n) is 1.33. The Bertz CT molecular complexity index is 296. The number of aromatic nitrogens is 3. The number of rotatable bonds is 6. The predicted octanol–water partition coefficient (Wildman–Crippen LogP) is 0.374. The molecule has 0 spiro atoms. The van der Waals surface area contributed by atoms with Gasteiger partial charge in [0.1, 0.15) is 11.6 Å². The smallest absolute Gasteiger partial charge is 0.146 e. The van der Waals surface area contributed by atoms with E-state index in [4.69, 9.17) is 5.11 Å². The maximum absolute atomic E-state index is 9.06. The molecule has 0 aromatic carbocycles. The highest BCUT2D eigenvalue weighted by atomic mass is 16.3. The first kappa shape index (κ1) is 12.1. The van der Waals surface area contributed by atoms with Crippen molar-refractivity contribution in [2.24, 2.45) is 7.05 Å². The van der Waals surface area contributed by atoms with E-state index in [1.165, 1.54) is 0 Å². The Morgan fingerprint density at radius 2 is 2.20 bits per heavy atom. The Morgan fingerprint density at radius 1 is 1.47 bits per heavy atom. The molecule has 15 heavy (non-hydrogen) atoms. The summed E-state index contributed by atoms with van der Waals surface area (Å²) in [6.07, 6.45) is 1.61. The molecule has 1 atom stereocenters. The highest BCUT2D eigenvalue weighted by Gasteiger charge is 2.03. The van der Waals surface area contributed by atoms with Gasteiger partial charge in [0.25, 0.3) is 0 Å². The number of aliphatic hydroxyl groups excluding tert-OH is 1. The summed E-state index contributed by atoms with van der Waals surface area (Å²) in [5.41, 5.74) is 0. The lowest BCUT2D eigenvalue weighted by atomic mass is 10.2. The first-order valence-electron chi connectivity index (χ1n) is 5.35. The number of nitrogens with one attached hydrogen (secondary N) is 1. The summed E-state index contributed by atoms with van der Waals surface area (Å²) < 4.78 is 1.97. The van der Waals surface area contributed by atoms with E-state index in [0.29, 0.717) is 0 Å². The Hall–Kier alpha value is -0.940. The van der Waals surface area contributed by atoms with Crippen molar-refractivity contribution in [3.8, 4) is 0 Å². The summed E-state index contributed by atoms with van der Waals surface area (Å²) in [6.45, 7) is 5.38. The lowest BCUT2D eigenvalue weighted by molar-refractivity contribution is 0.181. The monoisotopic (exact) mass is 212 g/mol. The molecule has 1 heterocycles. The topological polar surface area (TPSA) is 63.0 Å². The van der Waals surface area contributed by atoms with Crippen LogP contribution >= 0.6 is 0 Å². The van der Waals surface area contributed by atoms with Crippen LogP contribution in [0.1, 0.15) is 31.4 Å². The van der Waals surface area contributed by atoms with Gasteiger partial charge in [-0.25, -0.2) is 0 Å². The predicted molar refractivity (Wildman–Crippen MR) is 58.4 cm³/mol. The second kappa shape index (κ2) is 5.82. The molecule has 1 unspecified atom stereocenters. The molecule has 1 rings (SSSR count). The van der Waals surface area contributed by atoms with Crippen molar-refractivity contribution in [2.75, 3.05) is 6.54 Å². The zero-order chi connectivity index (χ0) is 11.3. The molecule has 0 aliphatic heterocycles. The minimum absolute atomic E-state index is 0.205. The molecule has 1 aromatic rings. The van der Waals surface area contributed by atoms with Gasteiger partial charge in [0.05, 0.1) is 12.6 Å². The van der Waals surface area contributed by atoms with Crippen molar-refractivity contribution in [3.63, 3.8) is 0 Å². The zero-order valence-corrected chi connectivity index (χ0v) is 9.69. The fraction of sp³-hybridized carbons (Fsp3) is 0.800. The van der Waals surface area contributed by atoms with Crippen molar-refractivity contribution in [3.05, 3.63) is 11.6 Å².